The number of aliphatic hydroxyl groups is 1. The number of nitriles is 1. The van der Waals surface area contributed by atoms with Gasteiger partial charge in [-0.2, -0.15) is 5.26 Å². The quantitative estimate of drug-likeness (QED) is 0.903. The number of carbonyl (C=O) groups is 1. The van der Waals surface area contributed by atoms with E-state index in [0.29, 0.717) is 22.7 Å². The van der Waals surface area contributed by atoms with Crippen LogP contribution in [0.5, 0.6) is 0 Å². The number of nitrogens with zero attached hydrogens (tertiary/aromatic N) is 2. The first-order valence-electron chi connectivity index (χ1n) is 6.22. The molecule has 0 saturated carbocycles. The van der Waals surface area contributed by atoms with Crippen molar-refractivity contribution >= 4 is 23.2 Å². The zero-order valence-electron chi connectivity index (χ0n) is 10.8. The Morgan fingerprint density at radius 2 is 2.21 bits per heavy atom. The molecule has 4 nitrogen and oxygen atoms in total. The van der Waals surface area contributed by atoms with Gasteiger partial charge in [-0.3, -0.25) is 4.79 Å². The van der Waals surface area contributed by atoms with Crippen LogP contribution in [0.25, 0.3) is 0 Å². The van der Waals surface area contributed by atoms with Gasteiger partial charge in [0.05, 0.1) is 28.6 Å². The fourth-order valence-corrected chi connectivity index (χ4v) is 2.72. The molecule has 0 unspecified atom stereocenters. The van der Waals surface area contributed by atoms with Crippen LogP contribution in [0.1, 0.15) is 25.8 Å². The lowest BCUT2D eigenvalue weighted by Crippen LogP contribution is -2.36. The van der Waals surface area contributed by atoms with Crippen LogP contribution < -0.4 is 4.90 Å². The molecule has 1 fully saturated rings. The maximum Gasteiger partial charge on any atom is 0.232 e. The number of amides is 1. The fraction of sp³-hybridized carbons (Fsp3) is 0.429. The number of benzene rings is 1. The SMILES string of the molecule is CC[C@H]1[C@@H](O)[C@H](C)C(=O)N1c1ccc(C#N)c(Cl)c1. The second kappa shape index (κ2) is 5.20. The van der Waals surface area contributed by atoms with Gasteiger partial charge in [0.1, 0.15) is 6.07 Å². The molecule has 1 N–H and O–H groups in total. The van der Waals surface area contributed by atoms with Crippen LogP contribution in [0.4, 0.5) is 5.69 Å². The molecule has 0 aliphatic carbocycles. The minimum atomic E-state index is -0.674. The van der Waals surface area contributed by atoms with Crippen LogP contribution in [0.15, 0.2) is 18.2 Å². The number of rotatable bonds is 2. The van der Waals surface area contributed by atoms with Gasteiger partial charge >= 0.3 is 0 Å². The third-order valence-electron chi connectivity index (χ3n) is 3.63. The summed E-state index contributed by atoms with van der Waals surface area (Å²) in [5.41, 5.74) is 1.00. The first kappa shape index (κ1) is 13.9. The molecule has 100 valence electrons. The van der Waals surface area contributed by atoms with Crippen molar-refractivity contribution in [3.63, 3.8) is 0 Å². The molecule has 0 bridgehead atoms. The van der Waals surface area contributed by atoms with Crippen molar-refractivity contribution in [2.45, 2.75) is 32.4 Å². The van der Waals surface area contributed by atoms with Crippen molar-refractivity contribution in [3.05, 3.63) is 28.8 Å². The second-order valence-corrected chi connectivity index (χ2v) is 5.15. The highest BCUT2D eigenvalue weighted by molar-refractivity contribution is 6.32. The van der Waals surface area contributed by atoms with Gasteiger partial charge in [0, 0.05) is 5.69 Å². The van der Waals surface area contributed by atoms with E-state index in [1.165, 1.54) is 0 Å². The van der Waals surface area contributed by atoms with Crippen LogP contribution in [-0.4, -0.2) is 23.2 Å². The maximum absolute atomic E-state index is 12.2. The van der Waals surface area contributed by atoms with E-state index in [1.807, 2.05) is 13.0 Å². The predicted octanol–water partition coefficient (Wildman–Crippen LogP) is 2.33. The van der Waals surface area contributed by atoms with Crippen molar-refractivity contribution in [2.75, 3.05) is 4.90 Å². The van der Waals surface area contributed by atoms with Crippen LogP contribution in [-0.2, 0) is 4.79 Å². The van der Waals surface area contributed by atoms with Crippen molar-refractivity contribution in [2.24, 2.45) is 5.92 Å². The molecule has 0 spiro atoms. The highest BCUT2D eigenvalue weighted by Crippen LogP contribution is 2.34. The minimum Gasteiger partial charge on any atom is -0.390 e. The molecule has 19 heavy (non-hydrogen) atoms. The van der Waals surface area contributed by atoms with Crippen molar-refractivity contribution in [3.8, 4) is 6.07 Å². The molecular weight excluding hydrogens is 264 g/mol. The number of aliphatic hydroxyl groups excluding tert-OH is 1. The summed E-state index contributed by atoms with van der Waals surface area (Å²) in [6.45, 7) is 3.65. The average Bonchev–Trinajstić information content (AvgIpc) is 2.62. The topological polar surface area (TPSA) is 64.3 Å². The first-order valence-corrected chi connectivity index (χ1v) is 6.59. The molecule has 1 heterocycles. The van der Waals surface area contributed by atoms with Crippen molar-refractivity contribution in [1.82, 2.24) is 0 Å². The van der Waals surface area contributed by atoms with E-state index in [9.17, 15) is 9.90 Å². The molecule has 1 aromatic rings. The summed E-state index contributed by atoms with van der Waals surface area (Å²) in [7, 11) is 0. The second-order valence-electron chi connectivity index (χ2n) is 4.74. The third-order valence-corrected chi connectivity index (χ3v) is 3.95. The summed E-state index contributed by atoms with van der Waals surface area (Å²) in [6, 6.07) is 6.62. The van der Waals surface area contributed by atoms with Gasteiger partial charge in [-0.15, -0.1) is 0 Å². The Morgan fingerprint density at radius 1 is 1.53 bits per heavy atom. The largest absolute Gasteiger partial charge is 0.390 e. The summed E-state index contributed by atoms with van der Waals surface area (Å²) < 4.78 is 0. The highest BCUT2D eigenvalue weighted by Gasteiger charge is 2.44. The summed E-state index contributed by atoms with van der Waals surface area (Å²) in [5.74, 6) is -0.528. The summed E-state index contributed by atoms with van der Waals surface area (Å²) >= 11 is 6.00. The highest BCUT2D eigenvalue weighted by atomic mass is 35.5. The Bertz CT molecular complexity index is 553. The summed E-state index contributed by atoms with van der Waals surface area (Å²) in [4.78, 5) is 13.8. The van der Waals surface area contributed by atoms with Crippen molar-refractivity contribution in [1.29, 1.82) is 5.26 Å². The van der Waals surface area contributed by atoms with E-state index >= 15 is 0 Å². The minimum absolute atomic E-state index is 0.111. The smallest absolute Gasteiger partial charge is 0.232 e. The number of hydrogen-bond acceptors (Lipinski definition) is 3. The lowest BCUT2D eigenvalue weighted by Gasteiger charge is -2.25. The summed E-state index contributed by atoms with van der Waals surface area (Å²) in [6.07, 6.45) is -0.0126. The zero-order chi connectivity index (χ0) is 14.2. The zero-order valence-corrected chi connectivity index (χ0v) is 11.6. The average molecular weight is 279 g/mol. The van der Waals surface area contributed by atoms with Crippen LogP contribution in [0, 0.1) is 17.2 Å². The molecule has 1 saturated heterocycles. The van der Waals surface area contributed by atoms with E-state index in [-0.39, 0.29) is 11.9 Å². The Labute approximate surface area is 117 Å². The molecular formula is C14H15ClN2O2. The number of carbonyl (C=O) groups excluding carboxylic acids is 1. The molecule has 1 aromatic carbocycles. The van der Waals surface area contributed by atoms with E-state index in [4.69, 9.17) is 16.9 Å². The van der Waals surface area contributed by atoms with Gasteiger partial charge in [-0.25, -0.2) is 0 Å². The van der Waals surface area contributed by atoms with Crippen LogP contribution in [0.3, 0.4) is 0 Å². The van der Waals surface area contributed by atoms with Gasteiger partial charge in [-0.1, -0.05) is 25.4 Å². The Morgan fingerprint density at radius 3 is 2.74 bits per heavy atom. The molecule has 5 heteroatoms. The van der Waals surface area contributed by atoms with E-state index < -0.39 is 12.0 Å². The Balaban J connectivity index is 2.43. The van der Waals surface area contributed by atoms with E-state index in [2.05, 4.69) is 0 Å². The van der Waals surface area contributed by atoms with Gasteiger partial charge in [0.15, 0.2) is 0 Å². The van der Waals surface area contributed by atoms with Gasteiger partial charge in [0.25, 0.3) is 0 Å². The van der Waals surface area contributed by atoms with E-state index in [1.54, 1.807) is 30.0 Å². The molecule has 1 amide bonds. The fourth-order valence-electron chi connectivity index (χ4n) is 2.50. The third kappa shape index (κ3) is 2.20. The molecule has 0 radical (unpaired) electrons. The van der Waals surface area contributed by atoms with E-state index in [0.717, 1.165) is 0 Å². The normalized spacial score (nSPS) is 26.6. The van der Waals surface area contributed by atoms with Crippen LogP contribution >= 0.6 is 11.6 Å². The molecule has 0 aromatic heterocycles. The Kier molecular flexibility index (Phi) is 3.79. The summed E-state index contributed by atoms with van der Waals surface area (Å²) in [5, 5.41) is 19.3. The van der Waals surface area contributed by atoms with Gasteiger partial charge in [-0.05, 0) is 24.6 Å². The van der Waals surface area contributed by atoms with Gasteiger partial charge < -0.3 is 10.0 Å². The van der Waals surface area contributed by atoms with Gasteiger partial charge in [0.2, 0.25) is 5.91 Å². The maximum atomic E-state index is 12.2. The van der Waals surface area contributed by atoms with Crippen LogP contribution in [0.2, 0.25) is 5.02 Å². The molecule has 1 aliphatic rings. The predicted molar refractivity (Wildman–Crippen MR) is 72.9 cm³/mol. The number of anilines is 1. The number of hydrogen-bond donors (Lipinski definition) is 1. The number of halogens is 1. The monoisotopic (exact) mass is 278 g/mol. The lowest BCUT2D eigenvalue weighted by molar-refractivity contribution is -0.121. The molecule has 3 atom stereocenters. The standard InChI is InChI=1S/C14H15ClN2O2/c1-3-12-13(18)8(2)14(19)17(12)10-5-4-9(7-16)11(15)6-10/h4-6,8,12-13,18H,3H2,1-2H3/t8-,12-,13-/m0/s1. The molecule has 2 rings (SSSR count). The van der Waals surface area contributed by atoms with Crippen molar-refractivity contribution < 1.29 is 9.90 Å². The first-order chi connectivity index (χ1) is 9.01. The molecule has 1 aliphatic heterocycles. The lowest BCUT2D eigenvalue weighted by atomic mass is 10.0. The Hall–Kier alpha value is -1.57.